The molecule has 116 valence electrons. The molecular formula is C18H12FO4-. The number of carbonyl (C=O) groups is 2. The van der Waals surface area contributed by atoms with Gasteiger partial charge in [0.15, 0.2) is 5.78 Å². The predicted molar refractivity (Wildman–Crippen MR) is 80.0 cm³/mol. The van der Waals surface area contributed by atoms with E-state index >= 15 is 0 Å². The molecule has 2 aromatic rings. The molecule has 1 aliphatic carbocycles. The van der Waals surface area contributed by atoms with Gasteiger partial charge in [-0.15, -0.1) is 0 Å². The fraction of sp³-hybridized carbons (Fsp3) is 0.111. The summed E-state index contributed by atoms with van der Waals surface area (Å²) in [5, 5.41) is 20.7. The molecule has 0 radical (unpaired) electrons. The maximum absolute atomic E-state index is 14.0. The second kappa shape index (κ2) is 5.35. The molecule has 0 spiro atoms. The van der Waals surface area contributed by atoms with Crippen molar-refractivity contribution >= 4 is 17.8 Å². The van der Waals surface area contributed by atoms with Crippen molar-refractivity contribution in [3.05, 3.63) is 70.0 Å². The van der Waals surface area contributed by atoms with Crippen molar-refractivity contribution < 1.29 is 24.2 Å². The Morgan fingerprint density at radius 3 is 2.43 bits per heavy atom. The van der Waals surface area contributed by atoms with Crippen molar-refractivity contribution in [1.82, 2.24) is 0 Å². The first-order chi connectivity index (χ1) is 10.9. The van der Waals surface area contributed by atoms with Gasteiger partial charge in [0.2, 0.25) is 0 Å². The summed E-state index contributed by atoms with van der Waals surface area (Å²) in [5.74, 6) is -3.09. The maximum Gasteiger partial charge on any atom is 0.335 e. The van der Waals surface area contributed by atoms with Gasteiger partial charge >= 0.3 is 5.97 Å². The molecule has 0 bridgehead atoms. The lowest BCUT2D eigenvalue weighted by molar-refractivity contribution is -0.268. The number of Topliss-reactive ketones (excluding diaryl/α,β-unsaturated/α-hetero) is 1. The highest BCUT2D eigenvalue weighted by atomic mass is 19.1. The molecule has 5 heteroatoms. The van der Waals surface area contributed by atoms with Gasteiger partial charge in [0.25, 0.3) is 0 Å². The van der Waals surface area contributed by atoms with Gasteiger partial charge in [-0.2, -0.15) is 0 Å². The highest BCUT2D eigenvalue weighted by Gasteiger charge is 2.34. The molecule has 0 unspecified atom stereocenters. The number of aromatic carboxylic acids is 1. The van der Waals surface area contributed by atoms with Crippen LogP contribution in [0.4, 0.5) is 4.39 Å². The zero-order valence-corrected chi connectivity index (χ0v) is 12.2. The molecule has 4 nitrogen and oxygen atoms in total. The molecule has 0 amide bonds. The number of allylic oxidation sites excluding steroid dienone is 1. The molecule has 0 aliphatic heterocycles. The Kier molecular flexibility index (Phi) is 3.48. The van der Waals surface area contributed by atoms with E-state index in [1.165, 1.54) is 12.1 Å². The van der Waals surface area contributed by atoms with Crippen LogP contribution in [0.2, 0.25) is 0 Å². The molecule has 0 aromatic heterocycles. The normalized spacial score (nSPS) is 18.3. The maximum atomic E-state index is 14.0. The molecule has 1 aliphatic rings. The topological polar surface area (TPSA) is 77.4 Å². The van der Waals surface area contributed by atoms with Gasteiger partial charge in [0.1, 0.15) is 5.82 Å². The molecule has 1 atom stereocenters. The summed E-state index contributed by atoms with van der Waals surface area (Å²) >= 11 is 0. The van der Waals surface area contributed by atoms with Crippen LogP contribution in [0.5, 0.6) is 5.75 Å². The Morgan fingerprint density at radius 1 is 1.22 bits per heavy atom. The number of benzene rings is 2. The minimum atomic E-state index is -1.04. The van der Waals surface area contributed by atoms with Crippen LogP contribution in [0.25, 0.3) is 6.08 Å². The quantitative estimate of drug-likeness (QED) is 0.865. The van der Waals surface area contributed by atoms with Crippen molar-refractivity contribution in [2.45, 2.75) is 12.8 Å². The van der Waals surface area contributed by atoms with Gasteiger partial charge in [-0.1, -0.05) is 30.9 Å². The average Bonchev–Trinajstić information content (AvgIpc) is 2.77. The Balaban J connectivity index is 2.05. The number of carboxylic acids is 1. The standard InChI is InChI=1S/C18H13FO4/c1-9-12(8-10-2-4-11(5-3-10)18(22)23)17(21)16-14(20)7-6-13(19)15(9)16/h2-9,20H,1H3,(H,22,23)/p-1/b12-8+/t9-/m0/s1. The Morgan fingerprint density at radius 2 is 1.87 bits per heavy atom. The summed E-state index contributed by atoms with van der Waals surface area (Å²) in [5.41, 5.74) is 1.10. The van der Waals surface area contributed by atoms with Crippen LogP contribution >= 0.6 is 0 Å². The van der Waals surface area contributed by atoms with Gasteiger partial charge in [-0.05, 0) is 29.8 Å². The predicted octanol–water partition coefficient (Wildman–Crippen LogP) is 2.98. The Labute approximate surface area is 131 Å². The molecule has 2 aromatic carbocycles. The van der Waals surface area contributed by atoms with E-state index < -0.39 is 29.2 Å². The summed E-state index contributed by atoms with van der Waals surface area (Å²) < 4.78 is 14.0. The van der Waals surface area contributed by atoms with E-state index in [-0.39, 0.29) is 16.7 Å². The lowest BCUT2D eigenvalue weighted by Gasteiger charge is -2.12. The molecule has 0 fully saturated rings. The van der Waals surface area contributed by atoms with Crippen molar-refractivity contribution in [2.24, 2.45) is 0 Å². The summed E-state index contributed by atoms with van der Waals surface area (Å²) in [6.07, 6.45) is 1.57. The highest BCUT2D eigenvalue weighted by Crippen LogP contribution is 2.42. The third-order valence-corrected chi connectivity index (χ3v) is 4.02. The molecule has 1 N–H and O–H groups in total. The summed E-state index contributed by atoms with van der Waals surface area (Å²) in [6.45, 7) is 1.67. The minimum Gasteiger partial charge on any atom is -0.872 e. The third-order valence-electron chi connectivity index (χ3n) is 4.02. The number of ketones is 1. The second-order valence-electron chi connectivity index (χ2n) is 5.41. The first-order valence-corrected chi connectivity index (χ1v) is 6.99. The van der Waals surface area contributed by atoms with Gasteiger partial charge in [-0.3, -0.25) is 4.79 Å². The number of rotatable bonds is 2. The number of fused-ring (bicyclic) bond motifs is 1. The van der Waals surface area contributed by atoms with Crippen LogP contribution < -0.4 is 5.11 Å². The third kappa shape index (κ3) is 2.40. The minimum absolute atomic E-state index is 0.106. The second-order valence-corrected chi connectivity index (χ2v) is 5.41. The van der Waals surface area contributed by atoms with E-state index in [4.69, 9.17) is 5.11 Å². The molecular weight excluding hydrogens is 299 g/mol. The lowest BCUT2D eigenvalue weighted by Crippen LogP contribution is -2.03. The lowest BCUT2D eigenvalue weighted by atomic mass is 9.97. The number of carbonyl (C=O) groups excluding carboxylic acids is 1. The first-order valence-electron chi connectivity index (χ1n) is 6.99. The van der Waals surface area contributed by atoms with E-state index in [1.54, 1.807) is 25.1 Å². The van der Waals surface area contributed by atoms with E-state index in [0.717, 1.165) is 12.1 Å². The zero-order chi connectivity index (χ0) is 16.7. The molecule has 0 heterocycles. The van der Waals surface area contributed by atoms with Crippen LogP contribution in [0, 0.1) is 5.82 Å². The number of hydrogen-bond donors (Lipinski definition) is 1. The van der Waals surface area contributed by atoms with Gasteiger partial charge in [0, 0.05) is 22.6 Å². The number of halogens is 1. The van der Waals surface area contributed by atoms with E-state index in [0.29, 0.717) is 11.1 Å². The van der Waals surface area contributed by atoms with E-state index in [9.17, 15) is 19.1 Å². The SMILES string of the molecule is C[C@H]1/C(=C\c2ccc(C(=O)O)cc2)C(=O)c2c([O-])ccc(F)c21. The van der Waals surface area contributed by atoms with Gasteiger partial charge < -0.3 is 10.2 Å². The van der Waals surface area contributed by atoms with Crippen LogP contribution in [0.1, 0.15) is 44.7 Å². The average molecular weight is 311 g/mol. The largest absolute Gasteiger partial charge is 0.872 e. The van der Waals surface area contributed by atoms with Crippen molar-refractivity contribution in [3.63, 3.8) is 0 Å². The summed E-state index contributed by atoms with van der Waals surface area (Å²) in [7, 11) is 0. The fourth-order valence-corrected chi connectivity index (χ4v) is 2.82. The fourth-order valence-electron chi connectivity index (χ4n) is 2.82. The number of carboxylic acid groups (broad SMARTS) is 1. The van der Waals surface area contributed by atoms with Crippen LogP contribution in [0.15, 0.2) is 42.0 Å². The van der Waals surface area contributed by atoms with Gasteiger partial charge in [-0.25, -0.2) is 9.18 Å². The summed E-state index contributed by atoms with van der Waals surface area (Å²) in [6, 6.07) is 8.11. The van der Waals surface area contributed by atoms with Crippen molar-refractivity contribution in [2.75, 3.05) is 0 Å². The van der Waals surface area contributed by atoms with Crippen molar-refractivity contribution in [3.8, 4) is 5.75 Å². The Bertz CT molecular complexity index is 850. The molecule has 0 saturated heterocycles. The highest BCUT2D eigenvalue weighted by molar-refractivity contribution is 6.18. The first kappa shape index (κ1) is 15.0. The van der Waals surface area contributed by atoms with Crippen molar-refractivity contribution in [1.29, 1.82) is 0 Å². The molecule has 3 rings (SSSR count). The monoisotopic (exact) mass is 311 g/mol. The number of hydrogen-bond acceptors (Lipinski definition) is 3. The Hall–Kier alpha value is -2.95. The van der Waals surface area contributed by atoms with Gasteiger partial charge in [0.05, 0.1) is 5.56 Å². The van der Waals surface area contributed by atoms with Crippen LogP contribution in [-0.4, -0.2) is 16.9 Å². The molecule has 0 saturated carbocycles. The van der Waals surface area contributed by atoms with Crippen LogP contribution in [-0.2, 0) is 0 Å². The van der Waals surface area contributed by atoms with E-state index in [2.05, 4.69) is 0 Å². The zero-order valence-electron chi connectivity index (χ0n) is 12.2. The smallest absolute Gasteiger partial charge is 0.335 e. The van der Waals surface area contributed by atoms with E-state index in [1.807, 2.05) is 0 Å². The van der Waals surface area contributed by atoms with Crippen LogP contribution in [0.3, 0.4) is 0 Å². The molecule has 23 heavy (non-hydrogen) atoms. The summed E-state index contributed by atoms with van der Waals surface area (Å²) in [4.78, 5) is 23.3.